The third-order valence-electron chi connectivity index (χ3n) is 3.67. The van der Waals surface area contributed by atoms with Gasteiger partial charge < -0.3 is 5.32 Å². The largest absolute Gasteiger partial charge is 0.304 e. The second-order valence-electron chi connectivity index (χ2n) is 5.21. The maximum absolute atomic E-state index is 12.3. The highest BCUT2D eigenvalue weighted by molar-refractivity contribution is 8.15. The Hall–Kier alpha value is -2.48. The Morgan fingerprint density at radius 3 is 2.26 bits per heavy atom. The number of carbonyl (C=O) groups is 4. The van der Waals surface area contributed by atoms with Crippen LogP contribution in [0.4, 0.5) is 0 Å². The van der Waals surface area contributed by atoms with Gasteiger partial charge >= 0.3 is 0 Å². The molecule has 4 amide bonds. The maximum atomic E-state index is 12.3. The van der Waals surface area contributed by atoms with Gasteiger partial charge in [-0.2, -0.15) is 4.99 Å². The molecule has 23 heavy (non-hydrogen) atoms. The molecule has 2 aliphatic heterocycles. The van der Waals surface area contributed by atoms with E-state index in [2.05, 4.69) is 10.3 Å². The minimum atomic E-state index is -1.04. The number of hydrogen-bond donors (Lipinski definition) is 1. The Morgan fingerprint density at radius 2 is 1.78 bits per heavy atom. The van der Waals surface area contributed by atoms with E-state index in [0.717, 1.165) is 16.7 Å². The van der Waals surface area contributed by atoms with E-state index >= 15 is 0 Å². The van der Waals surface area contributed by atoms with Crippen LogP contribution in [-0.4, -0.2) is 45.0 Å². The number of nitrogens with zero attached hydrogens (tertiary/aromatic N) is 2. The first kappa shape index (κ1) is 15.4. The summed E-state index contributed by atoms with van der Waals surface area (Å²) in [5, 5.41) is 2.35. The monoisotopic (exact) mass is 331 g/mol. The lowest BCUT2D eigenvalue weighted by molar-refractivity contribution is -0.121. The molecule has 118 valence electrons. The molecule has 2 aliphatic rings. The number of thioether (sulfide) groups is 1. The van der Waals surface area contributed by atoms with Gasteiger partial charge in [0.2, 0.25) is 5.91 Å². The lowest BCUT2D eigenvalue weighted by Crippen LogP contribution is -2.42. The van der Waals surface area contributed by atoms with Gasteiger partial charge in [0, 0.05) is 0 Å². The van der Waals surface area contributed by atoms with Crippen molar-refractivity contribution in [1.29, 1.82) is 0 Å². The van der Waals surface area contributed by atoms with Gasteiger partial charge in [0.1, 0.15) is 6.04 Å². The highest BCUT2D eigenvalue weighted by Gasteiger charge is 2.41. The molecule has 0 aliphatic carbocycles. The summed E-state index contributed by atoms with van der Waals surface area (Å²) in [6.07, 6.45) is 0. The molecule has 0 spiro atoms. The van der Waals surface area contributed by atoms with Crippen molar-refractivity contribution in [2.45, 2.75) is 25.1 Å². The quantitative estimate of drug-likeness (QED) is 0.809. The fraction of sp³-hybridized carbons (Fsp3) is 0.267. The van der Waals surface area contributed by atoms with Crippen LogP contribution in [0, 0.1) is 0 Å². The van der Waals surface area contributed by atoms with Crippen molar-refractivity contribution < 1.29 is 19.2 Å². The number of aliphatic imine (C=N–C) groups is 1. The van der Waals surface area contributed by atoms with E-state index in [1.54, 1.807) is 31.2 Å². The van der Waals surface area contributed by atoms with Gasteiger partial charge in [0.05, 0.1) is 16.4 Å². The SMILES string of the molecule is C[C@@H]1SC(=NC(=O)[C@H](C)N2C(=O)c3ccccc3C2=O)NC1=O. The van der Waals surface area contributed by atoms with Crippen molar-refractivity contribution in [3.63, 3.8) is 0 Å². The van der Waals surface area contributed by atoms with Gasteiger partial charge in [-0.15, -0.1) is 0 Å². The summed E-state index contributed by atoms with van der Waals surface area (Å²) in [5.41, 5.74) is 0.559. The van der Waals surface area contributed by atoms with Gasteiger partial charge in [-0.1, -0.05) is 23.9 Å². The van der Waals surface area contributed by atoms with Crippen LogP contribution >= 0.6 is 11.8 Å². The molecule has 1 aromatic rings. The zero-order valence-electron chi connectivity index (χ0n) is 12.4. The number of amidine groups is 1. The zero-order chi connectivity index (χ0) is 16.7. The molecule has 2 heterocycles. The van der Waals surface area contributed by atoms with Crippen molar-refractivity contribution in [3.8, 4) is 0 Å². The van der Waals surface area contributed by atoms with Gasteiger partial charge in [-0.3, -0.25) is 24.1 Å². The molecular formula is C15H13N3O4S. The fourth-order valence-electron chi connectivity index (χ4n) is 2.38. The molecule has 1 fully saturated rings. The summed E-state index contributed by atoms with van der Waals surface area (Å²) in [7, 11) is 0. The summed E-state index contributed by atoms with van der Waals surface area (Å²) in [6.45, 7) is 3.14. The molecule has 0 aromatic heterocycles. The highest BCUT2D eigenvalue weighted by atomic mass is 32.2. The Kier molecular flexibility index (Phi) is 3.77. The number of benzene rings is 1. The first-order chi connectivity index (χ1) is 10.9. The summed E-state index contributed by atoms with van der Waals surface area (Å²) in [5.74, 6) is -1.91. The van der Waals surface area contributed by atoms with Crippen LogP contribution in [0.15, 0.2) is 29.3 Å². The molecule has 1 saturated heterocycles. The van der Waals surface area contributed by atoms with Crippen LogP contribution in [0.3, 0.4) is 0 Å². The van der Waals surface area contributed by atoms with Crippen molar-refractivity contribution in [1.82, 2.24) is 10.2 Å². The first-order valence-corrected chi connectivity index (χ1v) is 7.85. The molecular weight excluding hydrogens is 318 g/mol. The third kappa shape index (κ3) is 2.55. The van der Waals surface area contributed by atoms with Crippen LogP contribution in [0.2, 0.25) is 0 Å². The van der Waals surface area contributed by atoms with Gasteiger partial charge in [-0.05, 0) is 26.0 Å². The number of carbonyl (C=O) groups excluding carboxylic acids is 4. The minimum absolute atomic E-state index is 0.191. The van der Waals surface area contributed by atoms with Crippen LogP contribution in [0.1, 0.15) is 34.6 Å². The Bertz CT molecular complexity index is 739. The Balaban J connectivity index is 1.82. The van der Waals surface area contributed by atoms with E-state index in [1.165, 1.54) is 6.92 Å². The normalized spacial score (nSPS) is 23.2. The Morgan fingerprint density at radius 1 is 1.22 bits per heavy atom. The van der Waals surface area contributed by atoms with Crippen LogP contribution < -0.4 is 5.32 Å². The van der Waals surface area contributed by atoms with Gasteiger partial charge in [0.25, 0.3) is 17.7 Å². The molecule has 1 N–H and O–H groups in total. The average Bonchev–Trinajstić information content (AvgIpc) is 2.97. The van der Waals surface area contributed by atoms with E-state index in [0.29, 0.717) is 0 Å². The summed E-state index contributed by atoms with van der Waals surface area (Å²) < 4.78 is 0. The molecule has 0 bridgehead atoms. The molecule has 2 atom stereocenters. The molecule has 0 saturated carbocycles. The van der Waals surface area contributed by atoms with Crippen LogP contribution in [0.25, 0.3) is 0 Å². The highest BCUT2D eigenvalue weighted by Crippen LogP contribution is 2.25. The van der Waals surface area contributed by atoms with Crippen LogP contribution in [-0.2, 0) is 9.59 Å². The zero-order valence-corrected chi connectivity index (χ0v) is 13.2. The van der Waals surface area contributed by atoms with E-state index < -0.39 is 23.8 Å². The van der Waals surface area contributed by atoms with Crippen molar-refractivity contribution in [3.05, 3.63) is 35.4 Å². The second-order valence-corrected chi connectivity index (χ2v) is 6.54. The smallest absolute Gasteiger partial charge is 0.271 e. The van der Waals surface area contributed by atoms with E-state index in [4.69, 9.17) is 0 Å². The van der Waals surface area contributed by atoms with Crippen molar-refractivity contribution in [2.24, 2.45) is 4.99 Å². The lowest BCUT2D eigenvalue weighted by Gasteiger charge is -2.19. The molecule has 0 unspecified atom stereocenters. The number of rotatable bonds is 2. The van der Waals surface area contributed by atoms with Gasteiger partial charge in [-0.25, -0.2) is 0 Å². The van der Waals surface area contributed by atoms with E-state index in [9.17, 15) is 19.2 Å². The number of imide groups is 1. The molecule has 8 heteroatoms. The van der Waals surface area contributed by atoms with Crippen LogP contribution in [0.5, 0.6) is 0 Å². The summed E-state index contributed by atoms with van der Waals surface area (Å²) in [4.78, 5) is 53.0. The van der Waals surface area contributed by atoms with Crippen molar-refractivity contribution in [2.75, 3.05) is 0 Å². The number of nitrogens with one attached hydrogen (secondary N) is 1. The predicted octanol–water partition coefficient (Wildman–Crippen LogP) is 0.805. The molecule has 3 rings (SSSR count). The number of hydrogen-bond acceptors (Lipinski definition) is 5. The molecule has 7 nitrogen and oxygen atoms in total. The summed E-state index contributed by atoms with van der Waals surface area (Å²) in [6, 6.07) is 5.38. The maximum Gasteiger partial charge on any atom is 0.271 e. The first-order valence-electron chi connectivity index (χ1n) is 6.97. The molecule has 0 radical (unpaired) electrons. The van der Waals surface area contributed by atoms with E-state index in [-0.39, 0.29) is 27.5 Å². The Labute approximate surface area is 136 Å². The topological polar surface area (TPSA) is 95.9 Å². The second kappa shape index (κ2) is 5.62. The third-order valence-corrected chi connectivity index (χ3v) is 4.65. The lowest BCUT2D eigenvalue weighted by atomic mass is 10.1. The summed E-state index contributed by atoms with van der Waals surface area (Å²) >= 11 is 1.13. The minimum Gasteiger partial charge on any atom is -0.304 e. The van der Waals surface area contributed by atoms with E-state index in [1.807, 2.05) is 0 Å². The van der Waals surface area contributed by atoms with Crippen molar-refractivity contribution >= 4 is 40.6 Å². The average molecular weight is 331 g/mol. The number of fused-ring (bicyclic) bond motifs is 1. The number of amides is 4. The fourth-order valence-corrected chi connectivity index (χ4v) is 3.18. The molecule has 1 aromatic carbocycles. The predicted molar refractivity (Wildman–Crippen MR) is 84.0 cm³/mol. The van der Waals surface area contributed by atoms with Gasteiger partial charge in [0.15, 0.2) is 5.17 Å². The standard InChI is InChI=1S/C15H13N3O4S/c1-7(11(19)16-15-17-12(20)8(2)23-15)18-13(21)9-5-3-4-6-10(9)14(18)22/h3-8H,1-2H3,(H,16,17,19,20)/t7-,8-/m0/s1.